The fraction of sp³-hybridized carbons (Fsp3) is 0.400. The van der Waals surface area contributed by atoms with E-state index >= 15 is 0 Å². The minimum absolute atomic E-state index is 0.310. The van der Waals surface area contributed by atoms with Gasteiger partial charge in [0.1, 0.15) is 0 Å². The van der Waals surface area contributed by atoms with Gasteiger partial charge in [-0.3, -0.25) is 0 Å². The summed E-state index contributed by atoms with van der Waals surface area (Å²) in [6.45, 7) is 3.72. The van der Waals surface area contributed by atoms with Crippen LogP contribution in [0.1, 0.15) is 21.6 Å². The molecule has 0 amide bonds. The van der Waals surface area contributed by atoms with Crippen LogP contribution >= 0.6 is 0 Å². The van der Waals surface area contributed by atoms with Gasteiger partial charge in [-0.1, -0.05) is 0 Å². The summed E-state index contributed by atoms with van der Waals surface area (Å²) in [5.74, 6) is -0.0157. The molecular weight excluding hydrogens is 182 g/mol. The van der Waals surface area contributed by atoms with E-state index in [1.54, 1.807) is 6.07 Å². The molecule has 0 radical (unpaired) electrons. The Morgan fingerprint density at radius 1 is 1.36 bits per heavy atom. The Morgan fingerprint density at radius 3 is 2.50 bits per heavy atom. The van der Waals surface area contributed by atoms with Crippen LogP contribution in [0.4, 0.5) is 0 Å². The van der Waals surface area contributed by atoms with E-state index in [0.717, 1.165) is 11.1 Å². The molecule has 1 rings (SSSR count). The molecule has 4 heteroatoms. The van der Waals surface area contributed by atoms with Crippen molar-refractivity contribution >= 4 is 5.97 Å². The van der Waals surface area contributed by atoms with Gasteiger partial charge < -0.3 is 9.47 Å². The first-order valence-corrected chi connectivity index (χ1v) is 4.20. The lowest BCUT2D eigenvalue weighted by Gasteiger charge is -2.08. The summed E-state index contributed by atoms with van der Waals surface area (Å²) in [4.78, 5) is 15.3. The average molecular weight is 195 g/mol. The summed E-state index contributed by atoms with van der Waals surface area (Å²) in [5, 5.41) is 0. The molecule has 0 bridgehead atoms. The van der Waals surface area contributed by atoms with E-state index in [4.69, 9.17) is 4.74 Å². The molecule has 0 aliphatic rings. The molecule has 1 aromatic rings. The Kier molecular flexibility index (Phi) is 3.06. The maximum absolute atomic E-state index is 11.3. The van der Waals surface area contributed by atoms with Gasteiger partial charge in [0.15, 0.2) is 5.69 Å². The molecule has 0 spiro atoms. The molecule has 0 aliphatic carbocycles. The predicted octanol–water partition coefficient (Wildman–Crippen LogP) is 1.49. The van der Waals surface area contributed by atoms with Crippen LogP contribution in [0.25, 0.3) is 0 Å². The summed E-state index contributed by atoms with van der Waals surface area (Å²) in [5.41, 5.74) is 2.08. The molecule has 0 unspecified atom stereocenters. The number of hydrogen-bond donors (Lipinski definition) is 0. The highest BCUT2D eigenvalue weighted by Gasteiger charge is 2.14. The van der Waals surface area contributed by atoms with Crippen molar-refractivity contribution in [2.24, 2.45) is 0 Å². The molecule has 0 saturated carbocycles. The zero-order valence-corrected chi connectivity index (χ0v) is 8.75. The van der Waals surface area contributed by atoms with Crippen molar-refractivity contribution in [2.45, 2.75) is 13.8 Å². The fourth-order valence-corrected chi connectivity index (χ4v) is 1.11. The second-order valence-corrected chi connectivity index (χ2v) is 2.95. The summed E-state index contributed by atoms with van der Waals surface area (Å²) < 4.78 is 9.58. The molecule has 0 aliphatic heterocycles. The third-order valence-electron chi connectivity index (χ3n) is 2.10. The minimum atomic E-state index is -0.440. The van der Waals surface area contributed by atoms with E-state index in [9.17, 15) is 4.79 Å². The van der Waals surface area contributed by atoms with Gasteiger partial charge in [-0.15, -0.1) is 0 Å². The number of rotatable bonds is 2. The lowest BCUT2D eigenvalue weighted by molar-refractivity contribution is 0.0592. The molecule has 0 saturated heterocycles. The van der Waals surface area contributed by atoms with E-state index < -0.39 is 5.97 Å². The van der Waals surface area contributed by atoms with Crippen LogP contribution in [-0.2, 0) is 4.74 Å². The maximum Gasteiger partial charge on any atom is 0.357 e. The van der Waals surface area contributed by atoms with Gasteiger partial charge in [-0.2, -0.15) is 0 Å². The topological polar surface area (TPSA) is 48.4 Å². The number of esters is 1. The Balaban J connectivity index is 3.27. The third-order valence-corrected chi connectivity index (χ3v) is 2.10. The highest BCUT2D eigenvalue weighted by molar-refractivity contribution is 5.89. The van der Waals surface area contributed by atoms with Gasteiger partial charge in [-0.05, 0) is 25.0 Å². The number of carbonyl (C=O) groups excluding carboxylic acids is 1. The molecule has 1 heterocycles. The number of carbonyl (C=O) groups is 1. The first-order chi connectivity index (χ1) is 6.60. The highest BCUT2D eigenvalue weighted by Crippen LogP contribution is 2.17. The summed E-state index contributed by atoms with van der Waals surface area (Å²) in [7, 11) is 2.84. The molecular formula is C10H13NO3. The van der Waals surface area contributed by atoms with Crippen LogP contribution in [0.3, 0.4) is 0 Å². The predicted molar refractivity (Wildman–Crippen MR) is 51.6 cm³/mol. The van der Waals surface area contributed by atoms with Crippen molar-refractivity contribution < 1.29 is 14.3 Å². The summed E-state index contributed by atoms with van der Waals surface area (Å²) in [6.07, 6.45) is 0. The Bertz CT molecular complexity index is 361. The van der Waals surface area contributed by atoms with E-state index in [2.05, 4.69) is 9.72 Å². The van der Waals surface area contributed by atoms with Crippen LogP contribution in [0, 0.1) is 13.8 Å². The molecule has 0 aromatic carbocycles. The van der Waals surface area contributed by atoms with Crippen molar-refractivity contribution in [1.82, 2.24) is 4.98 Å². The fourth-order valence-electron chi connectivity index (χ4n) is 1.11. The largest absolute Gasteiger partial charge is 0.481 e. The molecule has 1 aromatic heterocycles. The number of ether oxygens (including phenoxy) is 2. The molecule has 14 heavy (non-hydrogen) atoms. The van der Waals surface area contributed by atoms with Crippen molar-refractivity contribution in [2.75, 3.05) is 14.2 Å². The molecule has 0 atom stereocenters. The third kappa shape index (κ3) is 1.84. The number of nitrogens with zero attached hydrogens (tertiary/aromatic N) is 1. The Labute approximate surface area is 82.9 Å². The van der Waals surface area contributed by atoms with Crippen LogP contribution in [-0.4, -0.2) is 25.2 Å². The lowest BCUT2D eigenvalue weighted by atomic mass is 10.1. The zero-order valence-electron chi connectivity index (χ0n) is 8.75. The molecule has 0 fully saturated rings. The van der Waals surface area contributed by atoms with E-state index in [0.29, 0.717) is 11.6 Å². The molecule has 0 N–H and O–H groups in total. The monoisotopic (exact) mass is 195 g/mol. The summed E-state index contributed by atoms with van der Waals surface area (Å²) in [6, 6.07) is 1.78. The smallest absolute Gasteiger partial charge is 0.357 e. The van der Waals surface area contributed by atoms with Gasteiger partial charge in [0.25, 0.3) is 0 Å². The van der Waals surface area contributed by atoms with Crippen LogP contribution in [0.2, 0.25) is 0 Å². The number of aryl methyl sites for hydroxylation is 1. The second kappa shape index (κ2) is 4.09. The zero-order chi connectivity index (χ0) is 10.7. The van der Waals surface area contributed by atoms with Crippen molar-refractivity contribution in [3.63, 3.8) is 0 Å². The van der Waals surface area contributed by atoms with Gasteiger partial charge in [0.05, 0.1) is 14.2 Å². The standard InChI is InChI=1S/C10H13NO3/c1-6-5-8(13-3)11-9(7(6)2)10(12)14-4/h5H,1-4H3. The number of aromatic nitrogens is 1. The summed E-state index contributed by atoms with van der Waals surface area (Å²) >= 11 is 0. The van der Waals surface area contributed by atoms with Gasteiger partial charge in [-0.25, -0.2) is 9.78 Å². The van der Waals surface area contributed by atoms with Gasteiger partial charge in [0, 0.05) is 6.07 Å². The Hall–Kier alpha value is -1.58. The van der Waals surface area contributed by atoms with Crippen molar-refractivity contribution in [3.05, 3.63) is 22.9 Å². The van der Waals surface area contributed by atoms with E-state index in [-0.39, 0.29) is 0 Å². The first-order valence-electron chi connectivity index (χ1n) is 4.20. The van der Waals surface area contributed by atoms with Gasteiger partial charge in [0.2, 0.25) is 5.88 Å². The number of methoxy groups -OCH3 is 2. The Morgan fingerprint density at radius 2 is 2.00 bits per heavy atom. The van der Waals surface area contributed by atoms with Crippen molar-refractivity contribution in [1.29, 1.82) is 0 Å². The minimum Gasteiger partial charge on any atom is -0.481 e. The maximum atomic E-state index is 11.3. The van der Waals surface area contributed by atoms with Crippen LogP contribution in [0.15, 0.2) is 6.07 Å². The SMILES string of the molecule is COC(=O)c1nc(OC)cc(C)c1C. The molecule has 76 valence electrons. The number of pyridine rings is 1. The average Bonchev–Trinajstić information content (AvgIpc) is 2.20. The second-order valence-electron chi connectivity index (χ2n) is 2.95. The van der Waals surface area contributed by atoms with Crippen LogP contribution in [0.5, 0.6) is 5.88 Å². The van der Waals surface area contributed by atoms with E-state index in [1.807, 2.05) is 13.8 Å². The van der Waals surface area contributed by atoms with Gasteiger partial charge >= 0.3 is 5.97 Å². The highest BCUT2D eigenvalue weighted by atomic mass is 16.5. The molecule has 4 nitrogen and oxygen atoms in total. The van der Waals surface area contributed by atoms with E-state index in [1.165, 1.54) is 14.2 Å². The number of hydrogen-bond acceptors (Lipinski definition) is 4. The quantitative estimate of drug-likeness (QED) is 0.671. The lowest BCUT2D eigenvalue weighted by Crippen LogP contribution is -2.09. The first kappa shape index (κ1) is 10.5. The van der Waals surface area contributed by atoms with Crippen molar-refractivity contribution in [3.8, 4) is 5.88 Å². The van der Waals surface area contributed by atoms with Crippen LogP contribution < -0.4 is 4.74 Å². The normalized spacial score (nSPS) is 9.71.